The van der Waals surface area contributed by atoms with Crippen LogP contribution in [0, 0.1) is 0 Å². The zero-order valence-electron chi connectivity index (χ0n) is 17.4. The largest absolute Gasteiger partial charge is 0.451 e. The van der Waals surface area contributed by atoms with Gasteiger partial charge in [-0.05, 0) is 37.1 Å². The molecule has 35 heavy (non-hydrogen) atoms. The summed E-state index contributed by atoms with van der Waals surface area (Å²) < 4.78 is 68.4. The number of primary amides is 1. The van der Waals surface area contributed by atoms with Crippen LogP contribution >= 0.6 is 22.9 Å². The van der Waals surface area contributed by atoms with Gasteiger partial charge >= 0.3 is 6.18 Å². The van der Waals surface area contributed by atoms with E-state index in [-0.39, 0.29) is 37.3 Å². The van der Waals surface area contributed by atoms with Crippen LogP contribution in [0.3, 0.4) is 0 Å². The van der Waals surface area contributed by atoms with Crippen LogP contribution in [0.15, 0.2) is 45.8 Å². The summed E-state index contributed by atoms with van der Waals surface area (Å²) in [6.07, 6.45) is -2.19. The molecular weight excluding hydrogens is 529 g/mol. The number of hydrogen-bond donors (Lipinski definition) is 2. The predicted molar refractivity (Wildman–Crippen MR) is 122 cm³/mol. The Morgan fingerprint density at radius 1 is 1.20 bits per heavy atom. The van der Waals surface area contributed by atoms with E-state index >= 15 is 0 Å². The molecule has 4 aromatic rings. The number of hydrogen-bond acceptors (Lipinski definition) is 8. The summed E-state index contributed by atoms with van der Waals surface area (Å²) in [4.78, 5) is 23.4. The molecule has 0 spiro atoms. The van der Waals surface area contributed by atoms with E-state index in [0.29, 0.717) is 0 Å². The number of benzene rings is 1. The molecule has 3 heterocycles. The van der Waals surface area contributed by atoms with Crippen molar-refractivity contribution in [2.24, 2.45) is 5.73 Å². The van der Waals surface area contributed by atoms with Crippen LogP contribution in [0.25, 0.3) is 16.9 Å². The van der Waals surface area contributed by atoms with Crippen LogP contribution in [0.2, 0.25) is 4.34 Å². The van der Waals surface area contributed by atoms with Crippen LogP contribution < -0.4 is 11.1 Å². The number of rotatable bonds is 6. The zero-order valence-corrected chi connectivity index (χ0v) is 19.8. The van der Waals surface area contributed by atoms with Crippen molar-refractivity contribution in [2.45, 2.75) is 34.2 Å². The number of sulfone groups is 1. The SMILES string of the molecule is NC(=O)c1c(-n2cnc3c(NC4CC4)nc(C(F)(F)F)nc32)cccc1S(=O)(=O)c1ccc(Cl)s1. The lowest BCUT2D eigenvalue weighted by Gasteiger charge is -2.14. The average molecular weight is 543 g/mol. The number of fused-ring (bicyclic) bond motifs is 1. The number of amides is 1. The molecule has 1 saturated carbocycles. The Morgan fingerprint density at radius 3 is 2.54 bits per heavy atom. The van der Waals surface area contributed by atoms with Crippen LogP contribution in [-0.2, 0) is 16.0 Å². The van der Waals surface area contributed by atoms with Crippen molar-refractivity contribution in [3.8, 4) is 5.69 Å². The fraction of sp³-hybridized carbons (Fsp3) is 0.200. The van der Waals surface area contributed by atoms with Gasteiger partial charge in [0.2, 0.25) is 15.7 Å². The summed E-state index contributed by atoms with van der Waals surface area (Å²) >= 11 is 6.67. The van der Waals surface area contributed by atoms with Gasteiger partial charge in [-0.2, -0.15) is 13.2 Å². The molecule has 1 aliphatic rings. The molecule has 0 unspecified atom stereocenters. The third-order valence-electron chi connectivity index (χ3n) is 5.18. The molecule has 1 amide bonds. The van der Waals surface area contributed by atoms with Crippen molar-refractivity contribution in [1.82, 2.24) is 19.5 Å². The van der Waals surface area contributed by atoms with Crippen LogP contribution in [0.4, 0.5) is 19.0 Å². The van der Waals surface area contributed by atoms with Gasteiger partial charge in [0, 0.05) is 6.04 Å². The van der Waals surface area contributed by atoms with Gasteiger partial charge in [-0.15, -0.1) is 11.3 Å². The van der Waals surface area contributed by atoms with Crippen molar-refractivity contribution in [3.63, 3.8) is 0 Å². The van der Waals surface area contributed by atoms with Crippen molar-refractivity contribution in [1.29, 1.82) is 0 Å². The number of anilines is 1. The average Bonchev–Trinajstić information content (AvgIpc) is 3.31. The summed E-state index contributed by atoms with van der Waals surface area (Å²) in [5, 5.41) is 2.91. The highest BCUT2D eigenvalue weighted by molar-refractivity contribution is 7.93. The Labute approximate surface area is 204 Å². The molecule has 0 atom stereocenters. The lowest BCUT2D eigenvalue weighted by Crippen LogP contribution is -2.20. The second-order valence-electron chi connectivity index (χ2n) is 7.68. The Hall–Kier alpha value is -3.23. The predicted octanol–water partition coefficient (Wildman–Crippen LogP) is 4.06. The van der Waals surface area contributed by atoms with Gasteiger partial charge in [0.25, 0.3) is 5.91 Å². The monoisotopic (exact) mass is 542 g/mol. The van der Waals surface area contributed by atoms with Gasteiger partial charge in [-0.3, -0.25) is 9.36 Å². The molecule has 1 aromatic carbocycles. The highest BCUT2D eigenvalue weighted by Crippen LogP contribution is 2.36. The highest BCUT2D eigenvalue weighted by atomic mass is 35.5. The third-order valence-corrected chi connectivity index (χ3v) is 8.70. The van der Waals surface area contributed by atoms with Crippen molar-refractivity contribution >= 4 is 55.7 Å². The number of carbonyl (C=O) groups is 1. The maximum Gasteiger partial charge on any atom is 0.451 e. The first-order valence-corrected chi connectivity index (χ1v) is 12.7. The number of nitrogens with two attached hydrogens (primary N) is 1. The summed E-state index contributed by atoms with van der Waals surface area (Å²) in [6, 6.07) is 6.50. The molecule has 0 aliphatic heterocycles. The molecule has 1 fully saturated rings. The van der Waals surface area contributed by atoms with Crippen LogP contribution in [-0.4, -0.2) is 39.9 Å². The fourth-order valence-electron chi connectivity index (χ4n) is 3.47. The third kappa shape index (κ3) is 4.21. The van der Waals surface area contributed by atoms with E-state index in [0.717, 1.165) is 35.1 Å². The number of aromatic nitrogens is 4. The quantitative estimate of drug-likeness (QED) is 0.375. The van der Waals surface area contributed by atoms with Crippen LogP contribution in [0.5, 0.6) is 0 Å². The molecule has 0 radical (unpaired) electrons. The van der Waals surface area contributed by atoms with E-state index in [2.05, 4.69) is 20.3 Å². The van der Waals surface area contributed by atoms with E-state index in [9.17, 15) is 26.4 Å². The maximum atomic E-state index is 13.6. The molecule has 0 bridgehead atoms. The minimum atomic E-state index is -4.86. The summed E-state index contributed by atoms with van der Waals surface area (Å²) in [6.45, 7) is 0. The molecule has 3 aromatic heterocycles. The second kappa shape index (κ2) is 8.17. The molecular formula is C20H14ClF3N6O3S2. The Balaban J connectivity index is 1.76. The topological polar surface area (TPSA) is 133 Å². The summed E-state index contributed by atoms with van der Waals surface area (Å²) in [5.41, 5.74) is 4.78. The Morgan fingerprint density at radius 2 is 1.94 bits per heavy atom. The molecule has 1 aliphatic carbocycles. The van der Waals surface area contributed by atoms with Gasteiger partial charge in [-0.25, -0.2) is 23.4 Å². The van der Waals surface area contributed by atoms with Crippen molar-refractivity contribution in [2.75, 3.05) is 5.32 Å². The highest BCUT2D eigenvalue weighted by Gasteiger charge is 2.37. The van der Waals surface area contributed by atoms with Gasteiger partial charge in [0.15, 0.2) is 17.0 Å². The normalized spacial score (nSPS) is 14.4. The summed E-state index contributed by atoms with van der Waals surface area (Å²) in [7, 11) is -4.23. The summed E-state index contributed by atoms with van der Waals surface area (Å²) in [5.74, 6) is -2.63. The van der Waals surface area contributed by atoms with Gasteiger partial charge < -0.3 is 11.1 Å². The number of thiophene rings is 1. The number of nitrogens with zero attached hydrogens (tertiary/aromatic N) is 4. The molecule has 9 nitrogen and oxygen atoms in total. The first kappa shape index (κ1) is 23.5. The number of halogens is 4. The molecule has 5 rings (SSSR count). The number of imidazole rings is 1. The lowest BCUT2D eigenvalue weighted by atomic mass is 10.1. The first-order valence-electron chi connectivity index (χ1n) is 9.99. The van der Waals surface area contributed by atoms with Crippen molar-refractivity contribution in [3.05, 3.63) is 52.4 Å². The van der Waals surface area contributed by atoms with Gasteiger partial charge in [0.05, 0.1) is 20.5 Å². The number of alkyl halides is 3. The maximum absolute atomic E-state index is 13.6. The molecule has 3 N–H and O–H groups in total. The van der Waals surface area contributed by atoms with Gasteiger partial charge in [-0.1, -0.05) is 17.7 Å². The Kier molecular flexibility index (Phi) is 5.49. The zero-order chi connectivity index (χ0) is 25.1. The fourth-order valence-corrected chi connectivity index (χ4v) is 6.55. The molecule has 15 heteroatoms. The number of nitrogens with one attached hydrogen (secondary N) is 1. The van der Waals surface area contributed by atoms with E-state index in [1.165, 1.54) is 30.3 Å². The Bertz CT molecular complexity index is 1600. The minimum absolute atomic E-state index is 0.0265. The standard InChI is InChI=1S/C20H14ClF3N6O3S2/c21-12-6-7-13(34-12)35(32,33)11-3-1-2-10(14(11)16(25)31)30-8-26-15-17(27-9-4-5-9)28-19(20(22,23)24)29-18(15)30/h1-3,6-9H,4-5H2,(H2,25,31)(H,27,28,29). The van der Waals surface area contributed by atoms with E-state index in [4.69, 9.17) is 17.3 Å². The smallest absolute Gasteiger partial charge is 0.365 e. The van der Waals surface area contributed by atoms with Crippen LogP contribution in [0.1, 0.15) is 29.0 Å². The van der Waals surface area contributed by atoms with E-state index < -0.39 is 38.2 Å². The minimum Gasteiger partial charge on any atom is -0.365 e. The first-order chi connectivity index (χ1) is 16.5. The van der Waals surface area contributed by atoms with E-state index in [1.54, 1.807) is 0 Å². The molecule has 182 valence electrons. The van der Waals surface area contributed by atoms with Crippen molar-refractivity contribution < 1.29 is 26.4 Å². The lowest BCUT2D eigenvalue weighted by molar-refractivity contribution is -0.144. The number of carbonyl (C=O) groups excluding carboxylic acids is 1. The molecule has 0 saturated heterocycles. The second-order valence-corrected chi connectivity index (χ2v) is 11.5. The van der Waals surface area contributed by atoms with E-state index in [1.807, 2.05) is 0 Å². The van der Waals surface area contributed by atoms with Gasteiger partial charge in [0.1, 0.15) is 10.5 Å².